The van der Waals surface area contributed by atoms with Gasteiger partial charge in [0.15, 0.2) is 0 Å². The van der Waals surface area contributed by atoms with E-state index in [-0.39, 0.29) is 17.6 Å². The van der Waals surface area contributed by atoms with Crippen molar-refractivity contribution in [2.24, 2.45) is 11.8 Å². The Morgan fingerprint density at radius 1 is 1.30 bits per heavy atom. The average Bonchev–Trinajstić information content (AvgIpc) is 3.07. The van der Waals surface area contributed by atoms with Crippen LogP contribution in [-0.2, 0) is 14.3 Å². The molecule has 3 rings (SSSR count). The fourth-order valence-corrected chi connectivity index (χ4v) is 4.04. The number of methoxy groups -OCH3 is 1. The molecule has 1 amide bonds. The fourth-order valence-electron chi connectivity index (χ4n) is 4.04. The minimum Gasteiger partial charge on any atom is -0.379 e. The van der Waals surface area contributed by atoms with Gasteiger partial charge >= 0.3 is 0 Å². The van der Waals surface area contributed by atoms with Crippen molar-refractivity contribution in [1.82, 2.24) is 4.90 Å². The van der Waals surface area contributed by atoms with E-state index in [0.717, 1.165) is 44.7 Å². The molecule has 2 aliphatic heterocycles. The van der Waals surface area contributed by atoms with Gasteiger partial charge in [0.25, 0.3) is 0 Å². The summed E-state index contributed by atoms with van der Waals surface area (Å²) in [5, 5.41) is 0. The minimum atomic E-state index is -0.113. The van der Waals surface area contributed by atoms with Gasteiger partial charge in [-0.15, -0.1) is 0 Å². The third-order valence-electron chi connectivity index (χ3n) is 5.50. The molecule has 4 nitrogen and oxygen atoms in total. The number of carbonyl (C=O) groups excluding carboxylic acids is 1. The number of rotatable bonds is 2. The summed E-state index contributed by atoms with van der Waals surface area (Å²) < 4.78 is 11.4. The molecule has 3 fully saturated rings. The second-order valence-corrected chi connectivity index (χ2v) is 7.02. The van der Waals surface area contributed by atoms with E-state index in [0.29, 0.717) is 12.5 Å². The van der Waals surface area contributed by atoms with Crippen molar-refractivity contribution in [2.75, 3.05) is 26.8 Å². The Morgan fingerprint density at radius 3 is 2.70 bits per heavy atom. The average molecular weight is 281 g/mol. The number of hydrogen-bond donors (Lipinski definition) is 0. The van der Waals surface area contributed by atoms with Crippen molar-refractivity contribution in [2.45, 2.75) is 57.2 Å². The van der Waals surface area contributed by atoms with Crippen LogP contribution in [0.5, 0.6) is 0 Å². The second-order valence-electron chi connectivity index (χ2n) is 7.02. The summed E-state index contributed by atoms with van der Waals surface area (Å²) >= 11 is 0. The molecular formula is C16H27NO3. The normalized spacial score (nSPS) is 41.5. The minimum absolute atomic E-state index is 0.113. The maximum Gasteiger partial charge on any atom is 0.225 e. The van der Waals surface area contributed by atoms with Gasteiger partial charge in [-0.05, 0) is 38.0 Å². The van der Waals surface area contributed by atoms with Crippen molar-refractivity contribution in [3.8, 4) is 0 Å². The molecule has 0 N–H and O–H groups in total. The number of ether oxygens (including phenoxy) is 2. The lowest BCUT2D eigenvalue weighted by atomic mass is 9.82. The van der Waals surface area contributed by atoms with Gasteiger partial charge in [-0.25, -0.2) is 0 Å². The summed E-state index contributed by atoms with van der Waals surface area (Å²) in [6, 6.07) is 0. The molecule has 4 heteroatoms. The van der Waals surface area contributed by atoms with Gasteiger partial charge in [-0.1, -0.05) is 6.92 Å². The van der Waals surface area contributed by atoms with Crippen molar-refractivity contribution in [1.29, 1.82) is 0 Å². The van der Waals surface area contributed by atoms with E-state index in [1.165, 1.54) is 12.8 Å². The zero-order valence-corrected chi connectivity index (χ0v) is 12.8. The van der Waals surface area contributed by atoms with Gasteiger partial charge in [0, 0.05) is 32.5 Å². The molecule has 2 heterocycles. The Kier molecular flexibility index (Phi) is 4.04. The van der Waals surface area contributed by atoms with E-state index in [1.54, 1.807) is 7.11 Å². The van der Waals surface area contributed by atoms with Crippen molar-refractivity contribution in [3.05, 3.63) is 0 Å². The molecule has 1 aliphatic carbocycles. The Labute approximate surface area is 121 Å². The molecule has 1 spiro atoms. The van der Waals surface area contributed by atoms with E-state index in [2.05, 4.69) is 11.8 Å². The second kappa shape index (κ2) is 5.64. The van der Waals surface area contributed by atoms with Crippen LogP contribution in [0.4, 0.5) is 0 Å². The molecule has 0 unspecified atom stereocenters. The van der Waals surface area contributed by atoms with Crippen LogP contribution in [0.3, 0.4) is 0 Å². The first-order valence-electron chi connectivity index (χ1n) is 8.07. The Bertz CT molecular complexity index is 365. The highest BCUT2D eigenvalue weighted by molar-refractivity contribution is 5.79. The van der Waals surface area contributed by atoms with Gasteiger partial charge in [0.2, 0.25) is 5.91 Å². The van der Waals surface area contributed by atoms with Gasteiger partial charge in [-0.2, -0.15) is 0 Å². The van der Waals surface area contributed by atoms with Crippen molar-refractivity contribution < 1.29 is 14.3 Å². The number of carbonyl (C=O) groups is 1. The summed E-state index contributed by atoms with van der Waals surface area (Å²) in [7, 11) is 1.74. The molecule has 2 atom stereocenters. The Hall–Kier alpha value is -0.610. The summed E-state index contributed by atoms with van der Waals surface area (Å²) in [5.41, 5.74) is -0.113. The van der Waals surface area contributed by atoms with E-state index in [4.69, 9.17) is 9.47 Å². The first-order chi connectivity index (χ1) is 9.62. The first-order valence-corrected chi connectivity index (χ1v) is 8.07. The fraction of sp³-hybridized carbons (Fsp3) is 0.938. The highest BCUT2D eigenvalue weighted by atomic mass is 16.6. The van der Waals surface area contributed by atoms with Crippen LogP contribution >= 0.6 is 0 Å². The molecule has 0 aromatic carbocycles. The third-order valence-corrected chi connectivity index (χ3v) is 5.50. The standard InChI is InChI=1S/C16H27NO3/c1-12-3-5-13(6-4-12)15(18)17-8-7-16(11-17)9-14(19-2)10-20-16/h12-14H,3-11H2,1-2H3/t12?,13?,14-,16+/m1/s1. The highest BCUT2D eigenvalue weighted by Gasteiger charge is 2.47. The topological polar surface area (TPSA) is 38.8 Å². The van der Waals surface area contributed by atoms with Crippen LogP contribution in [0.2, 0.25) is 0 Å². The van der Waals surface area contributed by atoms with Gasteiger partial charge in [0.05, 0.1) is 18.3 Å². The summed E-state index contributed by atoms with van der Waals surface area (Å²) in [6.45, 7) is 4.61. The lowest BCUT2D eigenvalue weighted by Gasteiger charge is -2.30. The predicted octanol–water partition coefficient (Wildman–Crippen LogP) is 2.22. The zero-order valence-electron chi connectivity index (χ0n) is 12.8. The van der Waals surface area contributed by atoms with Gasteiger partial charge in [0.1, 0.15) is 0 Å². The first kappa shape index (κ1) is 14.3. The molecule has 2 saturated heterocycles. The van der Waals surface area contributed by atoms with Crippen molar-refractivity contribution >= 4 is 5.91 Å². The molecule has 0 aromatic rings. The molecule has 1 saturated carbocycles. The van der Waals surface area contributed by atoms with Gasteiger partial charge in [-0.3, -0.25) is 4.79 Å². The lowest BCUT2D eigenvalue weighted by molar-refractivity contribution is -0.136. The Morgan fingerprint density at radius 2 is 2.05 bits per heavy atom. The van der Waals surface area contributed by atoms with Crippen LogP contribution in [0, 0.1) is 11.8 Å². The SMILES string of the molecule is CO[C@H]1CO[C@@]2(CCN(C(=O)C3CCC(C)CC3)C2)C1. The van der Waals surface area contributed by atoms with E-state index in [1.807, 2.05) is 0 Å². The molecule has 20 heavy (non-hydrogen) atoms. The maximum absolute atomic E-state index is 12.6. The molecule has 0 aromatic heterocycles. The summed E-state index contributed by atoms with van der Waals surface area (Å²) in [6.07, 6.45) is 6.68. The van der Waals surface area contributed by atoms with Crippen LogP contribution < -0.4 is 0 Å². The quantitative estimate of drug-likeness (QED) is 0.779. The number of hydrogen-bond acceptors (Lipinski definition) is 3. The molecular weight excluding hydrogens is 254 g/mol. The summed E-state index contributed by atoms with van der Waals surface area (Å²) in [5.74, 6) is 1.43. The molecule has 3 aliphatic rings. The number of likely N-dealkylation sites (tertiary alicyclic amines) is 1. The third kappa shape index (κ3) is 2.73. The van der Waals surface area contributed by atoms with E-state index >= 15 is 0 Å². The largest absolute Gasteiger partial charge is 0.379 e. The summed E-state index contributed by atoms with van der Waals surface area (Å²) in [4.78, 5) is 14.7. The zero-order chi connectivity index (χ0) is 14.2. The number of nitrogens with zero attached hydrogens (tertiary/aromatic N) is 1. The van der Waals surface area contributed by atoms with Crippen LogP contribution in [0.25, 0.3) is 0 Å². The maximum atomic E-state index is 12.6. The van der Waals surface area contributed by atoms with Crippen LogP contribution in [-0.4, -0.2) is 49.3 Å². The van der Waals surface area contributed by atoms with Crippen LogP contribution in [0.15, 0.2) is 0 Å². The van der Waals surface area contributed by atoms with Gasteiger partial charge < -0.3 is 14.4 Å². The lowest BCUT2D eigenvalue weighted by Crippen LogP contribution is -2.39. The van der Waals surface area contributed by atoms with Crippen LogP contribution in [0.1, 0.15) is 45.4 Å². The molecule has 0 bridgehead atoms. The van der Waals surface area contributed by atoms with E-state index in [9.17, 15) is 4.79 Å². The van der Waals surface area contributed by atoms with E-state index < -0.39 is 0 Å². The molecule has 114 valence electrons. The smallest absolute Gasteiger partial charge is 0.225 e. The molecule has 0 radical (unpaired) electrons. The number of amides is 1. The monoisotopic (exact) mass is 281 g/mol. The Balaban J connectivity index is 1.56. The predicted molar refractivity (Wildman–Crippen MR) is 76.4 cm³/mol. The van der Waals surface area contributed by atoms with Crippen molar-refractivity contribution in [3.63, 3.8) is 0 Å². The highest BCUT2D eigenvalue weighted by Crippen LogP contribution is 2.38.